The molecule has 64 heavy (non-hydrogen) atoms. The van der Waals surface area contributed by atoms with Gasteiger partial charge in [0.05, 0.1) is 40.3 Å². The number of allylic oxidation sites excluding steroid dienone is 10. The highest BCUT2D eigenvalue weighted by Crippen LogP contribution is 2.14. The summed E-state index contributed by atoms with van der Waals surface area (Å²) >= 11 is 0. The molecule has 0 fully saturated rings. The van der Waals surface area contributed by atoms with Crippen molar-refractivity contribution in [3.63, 3.8) is 0 Å². The van der Waals surface area contributed by atoms with Crippen LogP contribution in [0.3, 0.4) is 0 Å². The molecule has 0 aliphatic rings. The van der Waals surface area contributed by atoms with E-state index in [0.717, 1.165) is 77.0 Å². The predicted octanol–water partition coefficient (Wildman–Crippen LogP) is 14.0. The molecule has 8 nitrogen and oxygen atoms in total. The molecule has 2 unspecified atom stereocenters. The van der Waals surface area contributed by atoms with E-state index in [1.165, 1.54) is 116 Å². The number of carbonyl (C=O) groups excluding carboxylic acids is 3. The van der Waals surface area contributed by atoms with Gasteiger partial charge >= 0.3 is 11.9 Å². The molecule has 0 radical (unpaired) electrons. The first-order chi connectivity index (χ1) is 31.1. The van der Waals surface area contributed by atoms with Crippen molar-refractivity contribution in [1.29, 1.82) is 0 Å². The average molecular weight is 898 g/mol. The van der Waals surface area contributed by atoms with Crippen LogP contribution in [0.15, 0.2) is 60.8 Å². The Bertz CT molecular complexity index is 1230. The number of unbranched alkanes of at least 4 members (excludes halogenated alkanes) is 24. The second kappa shape index (κ2) is 46.6. The molecular formula is C56H99NO7. The van der Waals surface area contributed by atoms with Gasteiger partial charge in [0.25, 0.3) is 0 Å². The number of esters is 2. The number of likely N-dealkylation sites (N-methyl/N-ethyl adjacent to an activating group) is 1. The fourth-order valence-corrected chi connectivity index (χ4v) is 7.54. The molecule has 8 heteroatoms. The van der Waals surface area contributed by atoms with Gasteiger partial charge in [-0.05, 0) is 77.0 Å². The fraction of sp³-hybridized carbons (Fsp3) is 0.768. The van der Waals surface area contributed by atoms with E-state index >= 15 is 0 Å². The van der Waals surface area contributed by atoms with Crippen LogP contribution in [-0.4, -0.2) is 75.5 Å². The third-order valence-corrected chi connectivity index (χ3v) is 11.7. The quantitative estimate of drug-likeness (QED) is 0.0197. The summed E-state index contributed by atoms with van der Waals surface area (Å²) in [5, 5.41) is 11.7. The molecule has 0 aromatic heterocycles. The summed E-state index contributed by atoms with van der Waals surface area (Å²) in [6, 6.07) is -0.732. The van der Waals surface area contributed by atoms with Gasteiger partial charge in [-0.2, -0.15) is 0 Å². The molecular weight excluding hydrogens is 799 g/mol. The predicted molar refractivity (Wildman–Crippen MR) is 268 cm³/mol. The molecule has 0 amide bonds. The Labute approximate surface area is 394 Å². The first kappa shape index (κ1) is 61.0. The van der Waals surface area contributed by atoms with Crippen LogP contribution in [0.1, 0.15) is 226 Å². The second-order valence-corrected chi connectivity index (χ2v) is 18.8. The lowest BCUT2D eigenvalue weighted by Crippen LogP contribution is -2.55. The number of quaternary nitrogens is 1. The molecule has 0 heterocycles. The van der Waals surface area contributed by atoms with Crippen molar-refractivity contribution >= 4 is 17.9 Å². The van der Waals surface area contributed by atoms with E-state index in [-0.39, 0.29) is 42.7 Å². The topological polar surface area (TPSA) is 102 Å². The maximum absolute atomic E-state index is 12.8. The number of nitrogens with zero attached hydrogens (tertiary/aromatic N) is 1. The van der Waals surface area contributed by atoms with Gasteiger partial charge < -0.3 is 28.6 Å². The van der Waals surface area contributed by atoms with Crippen molar-refractivity contribution in [3.05, 3.63) is 60.8 Å². The molecule has 0 spiro atoms. The van der Waals surface area contributed by atoms with Crippen LogP contribution in [0, 0.1) is 0 Å². The van der Waals surface area contributed by atoms with Crippen LogP contribution in [0.5, 0.6) is 0 Å². The van der Waals surface area contributed by atoms with Gasteiger partial charge in [-0.3, -0.25) is 9.59 Å². The van der Waals surface area contributed by atoms with Crippen molar-refractivity contribution in [2.45, 2.75) is 238 Å². The summed E-state index contributed by atoms with van der Waals surface area (Å²) in [6.45, 7) is 4.62. The summed E-state index contributed by atoms with van der Waals surface area (Å²) in [5.74, 6) is -1.76. The highest BCUT2D eigenvalue weighted by atomic mass is 16.6. The van der Waals surface area contributed by atoms with Gasteiger partial charge in [0.15, 0.2) is 6.10 Å². The molecule has 0 bridgehead atoms. The minimum Gasteiger partial charge on any atom is -0.544 e. The number of carbonyl (C=O) groups is 3. The third kappa shape index (κ3) is 44.2. The number of hydrogen-bond acceptors (Lipinski definition) is 7. The maximum atomic E-state index is 12.8. The molecule has 0 aliphatic heterocycles. The maximum Gasteiger partial charge on any atom is 0.306 e. The van der Waals surface area contributed by atoms with Gasteiger partial charge in [-0.25, -0.2) is 0 Å². The van der Waals surface area contributed by atoms with Crippen LogP contribution in [0.25, 0.3) is 0 Å². The third-order valence-electron chi connectivity index (χ3n) is 11.7. The number of carboxylic acid groups (broad SMARTS) is 1. The lowest BCUT2D eigenvalue weighted by atomic mass is 10.1. The van der Waals surface area contributed by atoms with Crippen LogP contribution in [-0.2, 0) is 28.6 Å². The summed E-state index contributed by atoms with van der Waals surface area (Å²) < 4.78 is 17.2. The van der Waals surface area contributed by atoms with Crippen molar-refractivity contribution in [1.82, 2.24) is 0 Å². The zero-order valence-corrected chi connectivity index (χ0v) is 42.2. The van der Waals surface area contributed by atoms with E-state index in [0.29, 0.717) is 12.8 Å². The Kier molecular flexibility index (Phi) is 44.4. The first-order valence-electron chi connectivity index (χ1n) is 26.3. The van der Waals surface area contributed by atoms with Crippen LogP contribution >= 0.6 is 0 Å². The van der Waals surface area contributed by atoms with E-state index in [4.69, 9.17) is 14.2 Å². The highest BCUT2D eigenvalue weighted by Gasteiger charge is 2.25. The molecule has 0 aromatic carbocycles. The number of aliphatic carboxylic acids is 1. The van der Waals surface area contributed by atoms with Crippen LogP contribution in [0.2, 0.25) is 0 Å². The standard InChI is InChI=1S/C56H99NO7/c1-6-8-10-12-14-16-18-20-22-24-26-27-28-29-31-32-34-36-38-40-42-44-46-54(58)63-51-52(50-62-49-48-53(56(60)61)57(3,4)5)64-55(59)47-45-43-41-39-37-35-33-30-25-23-21-19-17-15-13-11-9-7-2/h14,16,20,22-23,25-27,30,33,52-53H,6-13,15,17-19,21,24,28-29,31-32,34-51H2,1-5H3/b16-14+,22-20+,25-23+,27-26+,33-30+. The molecule has 0 saturated carbocycles. The molecule has 0 N–H and O–H groups in total. The van der Waals surface area contributed by atoms with Crippen molar-refractivity contribution < 1.29 is 38.2 Å². The smallest absolute Gasteiger partial charge is 0.306 e. The Hall–Kier alpha value is -2.97. The zero-order valence-electron chi connectivity index (χ0n) is 42.2. The summed E-state index contributed by atoms with van der Waals surface area (Å²) in [6.07, 6.45) is 58.2. The van der Waals surface area contributed by atoms with Gasteiger partial charge in [0, 0.05) is 19.3 Å². The van der Waals surface area contributed by atoms with E-state index in [1.54, 1.807) is 21.1 Å². The number of carboxylic acids is 1. The second-order valence-electron chi connectivity index (χ2n) is 18.8. The Balaban J connectivity index is 4.27. The van der Waals surface area contributed by atoms with E-state index < -0.39 is 18.1 Å². The largest absolute Gasteiger partial charge is 0.544 e. The minimum absolute atomic E-state index is 0.0314. The zero-order chi connectivity index (χ0) is 47.0. The van der Waals surface area contributed by atoms with Gasteiger partial charge in [-0.15, -0.1) is 0 Å². The van der Waals surface area contributed by atoms with Gasteiger partial charge in [0.1, 0.15) is 12.6 Å². The van der Waals surface area contributed by atoms with Crippen LogP contribution in [0.4, 0.5) is 0 Å². The number of rotatable bonds is 47. The molecule has 0 rings (SSSR count). The van der Waals surface area contributed by atoms with Gasteiger partial charge in [-0.1, -0.05) is 190 Å². The Morgan fingerprint density at radius 2 is 0.875 bits per heavy atom. The minimum atomic E-state index is -1.13. The molecule has 0 aromatic rings. The normalized spacial score (nSPS) is 13.3. The van der Waals surface area contributed by atoms with E-state index in [9.17, 15) is 19.5 Å². The lowest BCUT2D eigenvalue weighted by Gasteiger charge is -2.34. The van der Waals surface area contributed by atoms with Gasteiger partial charge in [0.2, 0.25) is 0 Å². The molecule has 0 aliphatic carbocycles. The Morgan fingerprint density at radius 3 is 1.34 bits per heavy atom. The van der Waals surface area contributed by atoms with E-state index in [1.807, 2.05) is 0 Å². The molecule has 370 valence electrons. The highest BCUT2D eigenvalue weighted by molar-refractivity contribution is 5.70. The van der Waals surface area contributed by atoms with Crippen molar-refractivity contribution in [2.24, 2.45) is 0 Å². The fourth-order valence-electron chi connectivity index (χ4n) is 7.54. The monoisotopic (exact) mass is 898 g/mol. The summed E-state index contributed by atoms with van der Waals surface area (Å²) in [5.41, 5.74) is 0. The van der Waals surface area contributed by atoms with Crippen LogP contribution < -0.4 is 5.11 Å². The molecule has 0 saturated heterocycles. The molecule has 2 atom stereocenters. The SMILES string of the molecule is CCCCC/C=C/C/C=C/C/C=C/CCCCCCCCCCCC(=O)OCC(COCCC(C(=O)[O-])[N+](C)(C)C)OC(=O)CCCCCCC/C=C/C=C/CCCCCCCCC. The number of hydrogen-bond donors (Lipinski definition) is 0. The Morgan fingerprint density at radius 1 is 0.484 bits per heavy atom. The number of ether oxygens (including phenoxy) is 3. The van der Waals surface area contributed by atoms with Crippen molar-refractivity contribution in [3.8, 4) is 0 Å². The van der Waals surface area contributed by atoms with E-state index in [2.05, 4.69) is 74.6 Å². The first-order valence-corrected chi connectivity index (χ1v) is 26.3. The summed E-state index contributed by atoms with van der Waals surface area (Å²) in [7, 11) is 5.41. The van der Waals surface area contributed by atoms with Crippen molar-refractivity contribution in [2.75, 3.05) is 41.0 Å². The average Bonchev–Trinajstić information content (AvgIpc) is 3.26. The summed E-state index contributed by atoms with van der Waals surface area (Å²) in [4.78, 5) is 37.1. The lowest BCUT2D eigenvalue weighted by molar-refractivity contribution is -0.889.